The minimum absolute atomic E-state index is 0.0344. The van der Waals surface area contributed by atoms with E-state index >= 15 is 0 Å². The number of sulfonamides is 1. The zero-order valence-electron chi connectivity index (χ0n) is 13.4. The van der Waals surface area contributed by atoms with E-state index in [9.17, 15) is 21.6 Å². The molecule has 0 aromatic carbocycles. The number of hydrogen-bond acceptors (Lipinski definition) is 8. The van der Waals surface area contributed by atoms with Gasteiger partial charge in [-0.15, -0.1) is 4.28 Å². The van der Waals surface area contributed by atoms with Gasteiger partial charge in [-0.1, -0.05) is 0 Å². The van der Waals surface area contributed by atoms with Gasteiger partial charge in [0.2, 0.25) is 0 Å². The van der Waals surface area contributed by atoms with E-state index < -0.39 is 44.4 Å². The third-order valence-electron chi connectivity index (χ3n) is 4.03. The summed E-state index contributed by atoms with van der Waals surface area (Å²) in [6, 6.07) is -2.41. The maximum Gasteiger partial charge on any atom is 0.418 e. The number of imidazole rings is 1. The SMILES string of the molecule is Cn1cnc(S(=O)(=O)NC(=N)[C@@H]2CC[C@@H]3CN2C(=O)N3OS(=O)(=O)O)c1. The van der Waals surface area contributed by atoms with Gasteiger partial charge in [0.25, 0.3) is 10.0 Å². The summed E-state index contributed by atoms with van der Waals surface area (Å²) in [4.78, 5) is 17.1. The number of nitrogens with zero attached hydrogens (tertiary/aromatic N) is 4. The van der Waals surface area contributed by atoms with Gasteiger partial charge in [0, 0.05) is 19.8 Å². The number of rotatable bonds is 5. The van der Waals surface area contributed by atoms with Crippen molar-refractivity contribution >= 4 is 32.3 Å². The molecule has 0 unspecified atom stereocenters. The molecule has 1 aromatic heterocycles. The maximum atomic E-state index is 12.3. The quantitative estimate of drug-likeness (QED) is 0.305. The van der Waals surface area contributed by atoms with Gasteiger partial charge in [-0.2, -0.15) is 21.9 Å². The first-order valence-corrected chi connectivity index (χ1v) is 10.2. The fourth-order valence-corrected chi connectivity index (χ4v) is 4.33. The molecule has 3 rings (SSSR count). The summed E-state index contributed by atoms with van der Waals surface area (Å²) in [5, 5.41) is 8.29. The van der Waals surface area contributed by atoms with Crippen LogP contribution in [0.5, 0.6) is 0 Å². The number of urea groups is 1. The van der Waals surface area contributed by atoms with Gasteiger partial charge < -0.3 is 9.47 Å². The summed E-state index contributed by atoms with van der Waals surface area (Å²) in [5.41, 5.74) is 0. The first kappa shape index (κ1) is 18.6. The molecule has 3 heterocycles. The van der Waals surface area contributed by atoms with Crippen LogP contribution >= 0.6 is 0 Å². The Labute approximate surface area is 149 Å². The van der Waals surface area contributed by atoms with Crippen molar-refractivity contribution in [3.05, 3.63) is 12.5 Å². The van der Waals surface area contributed by atoms with Crippen molar-refractivity contribution < 1.29 is 30.5 Å². The molecule has 13 nitrogen and oxygen atoms in total. The van der Waals surface area contributed by atoms with Gasteiger partial charge in [0.1, 0.15) is 5.84 Å². The first-order valence-electron chi connectivity index (χ1n) is 7.34. The molecular formula is C11H16N6O7S2. The Morgan fingerprint density at radius 2 is 2.08 bits per heavy atom. The molecule has 2 aliphatic rings. The number of amidine groups is 1. The van der Waals surface area contributed by atoms with Crippen molar-refractivity contribution in [2.45, 2.75) is 30.0 Å². The molecule has 0 aliphatic carbocycles. The van der Waals surface area contributed by atoms with Gasteiger partial charge >= 0.3 is 16.4 Å². The Bertz CT molecular complexity index is 955. The topological polar surface area (TPSA) is 175 Å². The lowest BCUT2D eigenvalue weighted by atomic mass is 10.0. The van der Waals surface area contributed by atoms with Crippen LogP contribution in [0.4, 0.5) is 4.79 Å². The van der Waals surface area contributed by atoms with E-state index in [1.54, 1.807) is 7.05 Å². The van der Waals surface area contributed by atoms with Crippen molar-refractivity contribution in [3.8, 4) is 0 Å². The van der Waals surface area contributed by atoms with E-state index in [-0.39, 0.29) is 24.4 Å². The lowest BCUT2D eigenvalue weighted by Gasteiger charge is -2.30. The van der Waals surface area contributed by atoms with Crippen LogP contribution in [0.3, 0.4) is 0 Å². The van der Waals surface area contributed by atoms with Crippen LogP contribution in [0.1, 0.15) is 12.8 Å². The molecule has 2 atom stereocenters. The summed E-state index contributed by atoms with van der Waals surface area (Å²) in [6.07, 6.45) is 3.02. The molecule has 2 fully saturated rings. The van der Waals surface area contributed by atoms with Gasteiger partial charge in [0.05, 0.1) is 18.4 Å². The molecule has 3 N–H and O–H groups in total. The molecule has 2 amide bonds. The smallest absolute Gasteiger partial charge is 0.339 e. The Balaban J connectivity index is 1.75. The third kappa shape index (κ3) is 3.50. The van der Waals surface area contributed by atoms with Crippen molar-refractivity contribution in [1.82, 2.24) is 24.2 Å². The van der Waals surface area contributed by atoms with Crippen LogP contribution in [-0.2, 0) is 31.8 Å². The van der Waals surface area contributed by atoms with Crippen molar-refractivity contribution in [1.29, 1.82) is 5.41 Å². The number of hydroxylamine groups is 2. The van der Waals surface area contributed by atoms with Gasteiger partial charge in [0.15, 0.2) is 5.03 Å². The van der Waals surface area contributed by atoms with Gasteiger partial charge in [-0.25, -0.2) is 9.78 Å². The molecule has 0 saturated carbocycles. The highest BCUT2D eigenvalue weighted by molar-refractivity contribution is 7.90. The first-order chi connectivity index (χ1) is 12.0. The fraction of sp³-hybridized carbons (Fsp3) is 0.545. The number of amides is 2. The molecule has 2 bridgehead atoms. The lowest BCUT2D eigenvalue weighted by Crippen LogP contribution is -2.50. The number of piperidine rings is 1. The van der Waals surface area contributed by atoms with E-state index in [1.807, 2.05) is 0 Å². The van der Waals surface area contributed by atoms with E-state index in [2.05, 4.69) is 14.0 Å². The summed E-state index contributed by atoms with van der Waals surface area (Å²) in [7, 11) is -7.38. The molecule has 144 valence electrons. The lowest BCUT2D eigenvalue weighted by molar-refractivity contribution is -0.0316. The highest BCUT2D eigenvalue weighted by Crippen LogP contribution is 2.31. The third-order valence-corrected chi connectivity index (χ3v) is 5.63. The average Bonchev–Trinajstić information content (AvgIpc) is 3.05. The fourth-order valence-electron chi connectivity index (χ4n) is 2.92. The van der Waals surface area contributed by atoms with Crippen LogP contribution in [0, 0.1) is 5.41 Å². The minimum Gasteiger partial charge on any atom is -0.339 e. The number of carbonyl (C=O) groups excluding carboxylic acids is 1. The molecule has 2 aliphatic heterocycles. The molecule has 0 radical (unpaired) electrons. The van der Waals surface area contributed by atoms with E-state index in [1.165, 1.54) is 17.1 Å². The second kappa shape index (κ2) is 6.19. The predicted molar refractivity (Wildman–Crippen MR) is 84.6 cm³/mol. The summed E-state index contributed by atoms with van der Waals surface area (Å²) in [6.45, 7) is 0.0344. The Hall–Kier alpha value is -2.23. The van der Waals surface area contributed by atoms with Gasteiger partial charge in [-0.3, -0.25) is 14.7 Å². The number of aryl methyl sites for hydroxylation is 1. The number of fused-ring (bicyclic) bond motifs is 2. The number of aromatic nitrogens is 2. The maximum absolute atomic E-state index is 12.3. The summed E-state index contributed by atoms with van der Waals surface area (Å²) < 4.78 is 62.8. The predicted octanol–water partition coefficient (Wildman–Crippen LogP) is -1.32. The Morgan fingerprint density at radius 3 is 2.65 bits per heavy atom. The molecule has 1 aromatic rings. The standard InChI is InChI=1S/C11H16N6O7S2/c1-15-5-9(13-6-15)25(19,20)14-10(12)8-3-2-7-4-16(8)11(18)17(7)24-26(21,22)23/h5-8H,2-4H2,1H3,(H2,12,14)(H,21,22,23)/t7-,8+/m1/s1. The molecule has 0 spiro atoms. The Morgan fingerprint density at radius 1 is 1.38 bits per heavy atom. The average molecular weight is 408 g/mol. The minimum atomic E-state index is -4.88. The van der Waals surface area contributed by atoms with Crippen LogP contribution in [0.2, 0.25) is 0 Å². The number of carbonyl (C=O) groups is 1. The summed E-state index contributed by atoms with van der Waals surface area (Å²) in [5.74, 6) is -0.448. The normalized spacial score (nSPS) is 23.4. The Kier molecular flexibility index (Phi) is 4.41. The summed E-state index contributed by atoms with van der Waals surface area (Å²) >= 11 is 0. The number of hydrogen-bond donors (Lipinski definition) is 3. The van der Waals surface area contributed by atoms with Crippen molar-refractivity contribution in [2.24, 2.45) is 7.05 Å². The molecule has 26 heavy (non-hydrogen) atoms. The van der Waals surface area contributed by atoms with Crippen LogP contribution in [0.15, 0.2) is 17.6 Å². The zero-order chi connectivity index (χ0) is 19.3. The van der Waals surface area contributed by atoms with Crippen LogP contribution in [0.25, 0.3) is 0 Å². The largest absolute Gasteiger partial charge is 0.418 e. The van der Waals surface area contributed by atoms with Gasteiger partial charge in [-0.05, 0) is 12.8 Å². The highest BCUT2D eigenvalue weighted by atomic mass is 32.3. The zero-order valence-corrected chi connectivity index (χ0v) is 15.1. The molecule has 2 saturated heterocycles. The monoisotopic (exact) mass is 408 g/mol. The van der Waals surface area contributed by atoms with Crippen molar-refractivity contribution in [2.75, 3.05) is 6.54 Å². The van der Waals surface area contributed by atoms with E-state index in [0.717, 1.165) is 4.90 Å². The van der Waals surface area contributed by atoms with E-state index in [4.69, 9.17) is 9.96 Å². The van der Waals surface area contributed by atoms with Crippen LogP contribution in [-0.4, -0.2) is 71.4 Å². The molecular weight excluding hydrogens is 392 g/mol. The second-order valence-electron chi connectivity index (χ2n) is 5.91. The van der Waals surface area contributed by atoms with Crippen LogP contribution < -0.4 is 4.72 Å². The highest BCUT2D eigenvalue weighted by Gasteiger charge is 2.48. The number of nitrogens with one attached hydrogen (secondary N) is 2. The molecule has 15 heteroatoms. The second-order valence-corrected chi connectivity index (χ2v) is 8.54. The van der Waals surface area contributed by atoms with Crippen molar-refractivity contribution in [3.63, 3.8) is 0 Å². The van der Waals surface area contributed by atoms with E-state index in [0.29, 0.717) is 5.06 Å².